The second-order valence-electron chi connectivity index (χ2n) is 6.17. The van der Waals surface area contributed by atoms with Crippen molar-refractivity contribution in [3.05, 3.63) is 24.3 Å². The maximum atomic E-state index is 12.6. The summed E-state index contributed by atoms with van der Waals surface area (Å²) < 4.78 is 5.34. The zero-order chi connectivity index (χ0) is 15.5. The van der Waals surface area contributed by atoms with Crippen molar-refractivity contribution in [3.8, 4) is 0 Å². The quantitative estimate of drug-likeness (QED) is 0.831. The van der Waals surface area contributed by atoms with Crippen molar-refractivity contribution < 1.29 is 9.53 Å². The molecule has 22 heavy (non-hydrogen) atoms. The molecular weight excluding hydrogens is 278 g/mol. The zero-order valence-corrected chi connectivity index (χ0v) is 13.5. The topological polar surface area (TPSA) is 36.0 Å². The van der Waals surface area contributed by atoms with Gasteiger partial charge >= 0.3 is 0 Å². The molecule has 0 aromatic heterocycles. The lowest BCUT2D eigenvalue weighted by atomic mass is 10.1. The molecule has 2 heterocycles. The monoisotopic (exact) mass is 303 g/mol. The molecule has 120 valence electrons. The highest BCUT2D eigenvalue weighted by atomic mass is 16.5. The third-order valence-corrected chi connectivity index (χ3v) is 4.69. The van der Waals surface area contributed by atoms with E-state index in [1.807, 2.05) is 4.90 Å². The molecular formula is C17H25N3O2. The molecule has 2 aliphatic rings. The number of ether oxygens (including phenoxy) is 1. The molecule has 1 saturated heterocycles. The number of morpholine rings is 1. The van der Waals surface area contributed by atoms with Gasteiger partial charge in [-0.2, -0.15) is 0 Å². The average Bonchev–Trinajstić information content (AvgIpc) is 2.68. The van der Waals surface area contributed by atoms with E-state index in [-0.39, 0.29) is 5.91 Å². The fourth-order valence-electron chi connectivity index (χ4n) is 3.22. The predicted octanol–water partition coefficient (Wildman–Crippen LogP) is 1.58. The van der Waals surface area contributed by atoms with Crippen LogP contribution in [0, 0.1) is 0 Å². The largest absolute Gasteiger partial charge is 0.378 e. The summed E-state index contributed by atoms with van der Waals surface area (Å²) in [6, 6.07) is 8.74. The van der Waals surface area contributed by atoms with Crippen molar-refractivity contribution in [3.63, 3.8) is 0 Å². The van der Waals surface area contributed by atoms with E-state index in [2.05, 4.69) is 48.0 Å². The van der Waals surface area contributed by atoms with Gasteiger partial charge in [-0.25, -0.2) is 0 Å². The molecule has 0 aliphatic carbocycles. The standard InChI is InChI=1S/C17H25N3O2/c1-14-7-8-18(2)15-5-3-4-6-16(15)20(14)13-17(21)19-9-11-22-12-10-19/h3-6,14H,7-13H2,1-2H3/t14-/m1/s1. The minimum atomic E-state index is 0.203. The number of hydrogen-bond acceptors (Lipinski definition) is 4. The summed E-state index contributed by atoms with van der Waals surface area (Å²) in [5.41, 5.74) is 2.37. The maximum Gasteiger partial charge on any atom is 0.242 e. The fourth-order valence-corrected chi connectivity index (χ4v) is 3.22. The highest BCUT2D eigenvalue weighted by Gasteiger charge is 2.27. The molecule has 1 aromatic carbocycles. The maximum absolute atomic E-state index is 12.6. The van der Waals surface area contributed by atoms with Gasteiger partial charge in [0.05, 0.1) is 31.1 Å². The second kappa shape index (κ2) is 6.57. The Morgan fingerprint density at radius 1 is 1.18 bits per heavy atom. The fraction of sp³-hybridized carbons (Fsp3) is 0.588. The number of hydrogen-bond donors (Lipinski definition) is 0. The third kappa shape index (κ3) is 3.04. The van der Waals surface area contributed by atoms with Crippen LogP contribution in [0.3, 0.4) is 0 Å². The minimum Gasteiger partial charge on any atom is -0.378 e. The first-order valence-corrected chi connectivity index (χ1v) is 8.09. The summed E-state index contributed by atoms with van der Waals surface area (Å²) in [5, 5.41) is 0. The Labute approximate surface area is 132 Å². The number of carbonyl (C=O) groups is 1. The summed E-state index contributed by atoms with van der Waals surface area (Å²) in [7, 11) is 2.12. The third-order valence-electron chi connectivity index (χ3n) is 4.69. The van der Waals surface area contributed by atoms with Crippen molar-refractivity contribution in [2.75, 3.05) is 56.2 Å². The van der Waals surface area contributed by atoms with Gasteiger partial charge in [0, 0.05) is 32.7 Å². The van der Waals surface area contributed by atoms with E-state index in [9.17, 15) is 4.79 Å². The number of anilines is 2. The molecule has 3 rings (SSSR count). The molecule has 1 fully saturated rings. The van der Waals surface area contributed by atoms with E-state index in [0.717, 1.165) is 18.7 Å². The van der Waals surface area contributed by atoms with E-state index < -0.39 is 0 Å². The molecule has 0 bridgehead atoms. The Kier molecular flexibility index (Phi) is 4.52. The van der Waals surface area contributed by atoms with Gasteiger partial charge in [-0.3, -0.25) is 4.79 Å². The van der Waals surface area contributed by atoms with Gasteiger partial charge in [0.1, 0.15) is 0 Å². The molecule has 0 unspecified atom stereocenters. The summed E-state index contributed by atoms with van der Waals surface area (Å²) in [6.07, 6.45) is 1.06. The van der Waals surface area contributed by atoms with Crippen LogP contribution >= 0.6 is 0 Å². The lowest BCUT2D eigenvalue weighted by molar-refractivity contribution is -0.133. The second-order valence-corrected chi connectivity index (χ2v) is 6.17. The van der Waals surface area contributed by atoms with E-state index in [1.54, 1.807) is 0 Å². The van der Waals surface area contributed by atoms with Crippen LogP contribution < -0.4 is 9.80 Å². The van der Waals surface area contributed by atoms with Gasteiger partial charge in [0.2, 0.25) is 5.91 Å². The molecule has 0 saturated carbocycles. The molecule has 1 atom stereocenters. The normalized spacial score (nSPS) is 22.3. The van der Waals surface area contributed by atoms with E-state index in [1.165, 1.54) is 5.69 Å². The van der Waals surface area contributed by atoms with Gasteiger partial charge in [-0.15, -0.1) is 0 Å². The Morgan fingerprint density at radius 3 is 2.59 bits per heavy atom. The summed E-state index contributed by atoms with van der Waals surface area (Å²) in [4.78, 5) is 19.1. The van der Waals surface area contributed by atoms with Crippen molar-refractivity contribution in [2.24, 2.45) is 0 Å². The van der Waals surface area contributed by atoms with E-state index >= 15 is 0 Å². The molecule has 5 nitrogen and oxygen atoms in total. The molecule has 2 aliphatic heterocycles. The van der Waals surface area contributed by atoms with E-state index in [4.69, 9.17) is 4.74 Å². The molecule has 5 heteroatoms. The van der Waals surface area contributed by atoms with Crippen molar-refractivity contribution in [1.29, 1.82) is 0 Å². The van der Waals surface area contributed by atoms with Crippen LogP contribution in [0.1, 0.15) is 13.3 Å². The Bertz CT molecular complexity index is 528. The molecule has 1 aromatic rings. The van der Waals surface area contributed by atoms with Gasteiger partial charge < -0.3 is 19.4 Å². The molecule has 0 spiro atoms. The first-order chi connectivity index (χ1) is 10.7. The Morgan fingerprint density at radius 2 is 1.86 bits per heavy atom. The Balaban J connectivity index is 1.81. The highest BCUT2D eigenvalue weighted by molar-refractivity contribution is 5.84. The van der Waals surface area contributed by atoms with Crippen LogP contribution in [0.5, 0.6) is 0 Å². The van der Waals surface area contributed by atoms with Crippen molar-refractivity contribution in [1.82, 2.24) is 4.90 Å². The van der Waals surface area contributed by atoms with Crippen LogP contribution in [0.4, 0.5) is 11.4 Å². The SMILES string of the molecule is C[C@@H]1CCN(C)c2ccccc2N1CC(=O)N1CCOCC1. The van der Waals surface area contributed by atoms with Gasteiger partial charge in [-0.1, -0.05) is 12.1 Å². The van der Waals surface area contributed by atoms with Crippen LogP contribution in [0.15, 0.2) is 24.3 Å². The molecule has 0 N–H and O–H groups in total. The summed E-state index contributed by atoms with van der Waals surface area (Å²) >= 11 is 0. The minimum absolute atomic E-state index is 0.203. The van der Waals surface area contributed by atoms with Gasteiger partial charge in [-0.05, 0) is 25.5 Å². The number of carbonyl (C=O) groups excluding carboxylic acids is 1. The lowest BCUT2D eigenvalue weighted by Crippen LogP contribution is -2.47. The van der Waals surface area contributed by atoms with Crippen LogP contribution in [0.2, 0.25) is 0 Å². The molecule has 1 amide bonds. The lowest BCUT2D eigenvalue weighted by Gasteiger charge is -2.33. The van der Waals surface area contributed by atoms with Crippen molar-refractivity contribution in [2.45, 2.75) is 19.4 Å². The van der Waals surface area contributed by atoms with Gasteiger partial charge in [0.15, 0.2) is 0 Å². The smallest absolute Gasteiger partial charge is 0.242 e. The van der Waals surface area contributed by atoms with Crippen LogP contribution in [0.25, 0.3) is 0 Å². The predicted molar refractivity (Wildman–Crippen MR) is 88.5 cm³/mol. The highest BCUT2D eigenvalue weighted by Crippen LogP contribution is 2.33. The van der Waals surface area contributed by atoms with E-state index in [0.29, 0.717) is 38.9 Å². The van der Waals surface area contributed by atoms with Crippen LogP contribution in [-0.4, -0.2) is 63.3 Å². The number of rotatable bonds is 2. The Hall–Kier alpha value is -1.75. The summed E-state index contributed by atoms with van der Waals surface area (Å²) in [5.74, 6) is 0.203. The zero-order valence-electron chi connectivity index (χ0n) is 13.5. The number of nitrogens with zero attached hydrogens (tertiary/aromatic N) is 3. The number of benzene rings is 1. The van der Waals surface area contributed by atoms with Crippen LogP contribution in [-0.2, 0) is 9.53 Å². The first kappa shape index (κ1) is 15.2. The summed E-state index contributed by atoms with van der Waals surface area (Å²) in [6.45, 7) is 6.40. The van der Waals surface area contributed by atoms with Gasteiger partial charge in [0.25, 0.3) is 0 Å². The number of amides is 1. The average molecular weight is 303 g/mol. The first-order valence-electron chi connectivity index (χ1n) is 8.09. The number of para-hydroxylation sites is 2. The van der Waals surface area contributed by atoms with Crippen molar-refractivity contribution >= 4 is 17.3 Å². The number of fused-ring (bicyclic) bond motifs is 1. The molecule has 0 radical (unpaired) electrons.